The molecule has 0 amide bonds. The van der Waals surface area contributed by atoms with Gasteiger partial charge in [-0.2, -0.15) is 0 Å². The first kappa shape index (κ1) is 14.4. The largest absolute Gasteiger partial charge is 0.330 e. The molecule has 0 rings (SSSR count). The quantitative estimate of drug-likeness (QED) is 0.625. The molecule has 0 radical (unpaired) electrons. The van der Waals surface area contributed by atoms with Gasteiger partial charge in [0.25, 0.3) is 0 Å². The van der Waals surface area contributed by atoms with Gasteiger partial charge in [-0.05, 0) is 39.0 Å². The van der Waals surface area contributed by atoms with Gasteiger partial charge in [-0.15, -0.1) is 0 Å². The fourth-order valence-electron chi connectivity index (χ4n) is 1.02. The molecule has 0 aromatic carbocycles. The summed E-state index contributed by atoms with van der Waals surface area (Å²) in [5, 5.41) is 0. The monoisotopic (exact) mass is 174 g/mol. The second kappa shape index (κ2) is 13.5. The average Bonchev–Trinajstić information content (AvgIpc) is 2.16. The van der Waals surface area contributed by atoms with Crippen LogP contribution in [0.3, 0.4) is 0 Å². The summed E-state index contributed by atoms with van der Waals surface area (Å²) in [6, 6.07) is 0. The van der Waals surface area contributed by atoms with Crippen LogP contribution >= 0.6 is 0 Å². The molecule has 2 heteroatoms. The Balaban J connectivity index is 0. The zero-order chi connectivity index (χ0) is 9.82. The van der Waals surface area contributed by atoms with Gasteiger partial charge in [-0.3, -0.25) is 0 Å². The summed E-state index contributed by atoms with van der Waals surface area (Å²) in [6.07, 6.45) is 2.41. The van der Waals surface area contributed by atoms with Gasteiger partial charge in [0.1, 0.15) is 0 Å². The standard InChI is InChI=1S/C8H20N2.C2H6/c1-3-10(4-2)8-6-5-7-9;1-2/h3-9H2,1-2H3;1-2H3. The maximum atomic E-state index is 5.38. The lowest BCUT2D eigenvalue weighted by Gasteiger charge is -2.16. The Kier molecular flexibility index (Phi) is 16.3. The third kappa shape index (κ3) is 9.92. The molecule has 0 atom stereocenters. The van der Waals surface area contributed by atoms with Crippen molar-refractivity contribution in [2.75, 3.05) is 26.2 Å². The molecule has 0 heterocycles. The van der Waals surface area contributed by atoms with Crippen molar-refractivity contribution in [2.24, 2.45) is 5.73 Å². The van der Waals surface area contributed by atoms with E-state index in [4.69, 9.17) is 5.73 Å². The van der Waals surface area contributed by atoms with Crippen LogP contribution in [0.4, 0.5) is 0 Å². The molecule has 0 bridgehead atoms. The lowest BCUT2D eigenvalue weighted by molar-refractivity contribution is 0.297. The van der Waals surface area contributed by atoms with E-state index < -0.39 is 0 Å². The van der Waals surface area contributed by atoms with E-state index in [1.807, 2.05) is 13.8 Å². The molecule has 0 aliphatic carbocycles. The van der Waals surface area contributed by atoms with Crippen LogP contribution in [0.1, 0.15) is 40.5 Å². The van der Waals surface area contributed by atoms with E-state index in [0.29, 0.717) is 0 Å². The van der Waals surface area contributed by atoms with E-state index in [1.54, 1.807) is 0 Å². The lowest BCUT2D eigenvalue weighted by Crippen LogP contribution is -2.24. The van der Waals surface area contributed by atoms with Crippen LogP contribution in [0.15, 0.2) is 0 Å². The molecule has 0 aliphatic heterocycles. The molecular weight excluding hydrogens is 148 g/mol. The van der Waals surface area contributed by atoms with Gasteiger partial charge in [0.15, 0.2) is 0 Å². The molecule has 76 valence electrons. The first-order valence-electron chi connectivity index (χ1n) is 5.27. The van der Waals surface area contributed by atoms with Gasteiger partial charge in [0.05, 0.1) is 0 Å². The molecule has 0 saturated carbocycles. The molecule has 0 aromatic rings. The highest BCUT2D eigenvalue weighted by Gasteiger charge is 1.95. The summed E-state index contributed by atoms with van der Waals surface area (Å²) in [6.45, 7) is 12.8. The maximum absolute atomic E-state index is 5.38. The van der Waals surface area contributed by atoms with E-state index in [9.17, 15) is 0 Å². The molecule has 2 nitrogen and oxygen atoms in total. The molecule has 0 spiro atoms. The summed E-state index contributed by atoms with van der Waals surface area (Å²) < 4.78 is 0. The third-order valence-electron chi connectivity index (χ3n) is 1.82. The van der Waals surface area contributed by atoms with Crippen LogP contribution in [0, 0.1) is 0 Å². The van der Waals surface area contributed by atoms with E-state index in [-0.39, 0.29) is 0 Å². The van der Waals surface area contributed by atoms with Crippen LogP contribution in [0.5, 0.6) is 0 Å². The predicted molar refractivity (Wildman–Crippen MR) is 57.4 cm³/mol. The predicted octanol–water partition coefficient (Wildman–Crippen LogP) is 2.09. The molecule has 2 N–H and O–H groups in total. The zero-order valence-corrected chi connectivity index (χ0v) is 9.27. The summed E-state index contributed by atoms with van der Waals surface area (Å²) in [7, 11) is 0. The number of nitrogens with two attached hydrogens (primary N) is 1. The first-order valence-corrected chi connectivity index (χ1v) is 5.27. The van der Waals surface area contributed by atoms with Crippen molar-refractivity contribution in [1.29, 1.82) is 0 Å². The van der Waals surface area contributed by atoms with Crippen LogP contribution in [0.25, 0.3) is 0 Å². The van der Waals surface area contributed by atoms with Crippen molar-refractivity contribution in [2.45, 2.75) is 40.5 Å². The minimum absolute atomic E-state index is 0.835. The molecule has 0 aromatic heterocycles. The highest BCUT2D eigenvalue weighted by molar-refractivity contribution is 4.52. The van der Waals surface area contributed by atoms with Crippen molar-refractivity contribution < 1.29 is 0 Å². The van der Waals surface area contributed by atoms with Gasteiger partial charge in [0, 0.05) is 0 Å². The summed E-state index contributed by atoms with van der Waals surface area (Å²) in [4.78, 5) is 2.43. The van der Waals surface area contributed by atoms with Gasteiger partial charge >= 0.3 is 0 Å². The molecule has 12 heavy (non-hydrogen) atoms. The van der Waals surface area contributed by atoms with Crippen LogP contribution in [-0.2, 0) is 0 Å². The highest BCUT2D eigenvalue weighted by atomic mass is 15.1. The van der Waals surface area contributed by atoms with Crippen molar-refractivity contribution in [3.05, 3.63) is 0 Å². The van der Waals surface area contributed by atoms with Crippen molar-refractivity contribution in [1.82, 2.24) is 4.90 Å². The molecule has 0 saturated heterocycles. The second-order valence-corrected chi connectivity index (χ2v) is 2.52. The van der Waals surface area contributed by atoms with Gasteiger partial charge < -0.3 is 10.6 Å². The zero-order valence-electron chi connectivity index (χ0n) is 9.27. The maximum Gasteiger partial charge on any atom is -0.00185 e. The number of hydrogen-bond donors (Lipinski definition) is 1. The molecule has 0 fully saturated rings. The van der Waals surface area contributed by atoms with E-state index in [0.717, 1.165) is 13.0 Å². The topological polar surface area (TPSA) is 29.3 Å². The highest BCUT2D eigenvalue weighted by Crippen LogP contribution is 1.92. The summed E-state index contributed by atoms with van der Waals surface area (Å²) in [5.41, 5.74) is 5.38. The summed E-state index contributed by atoms with van der Waals surface area (Å²) in [5.74, 6) is 0. The SMILES string of the molecule is CC.CCN(CC)CCCCN. The normalized spacial score (nSPS) is 9.50. The van der Waals surface area contributed by atoms with Crippen LogP contribution < -0.4 is 5.73 Å². The number of rotatable bonds is 6. The molecular formula is C10H26N2. The minimum Gasteiger partial charge on any atom is -0.330 e. The Morgan fingerprint density at radius 2 is 1.50 bits per heavy atom. The van der Waals surface area contributed by atoms with E-state index in [2.05, 4.69) is 18.7 Å². The van der Waals surface area contributed by atoms with Crippen molar-refractivity contribution >= 4 is 0 Å². The average molecular weight is 174 g/mol. The third-order valence-corrected chi connectivity index (χ3v) is 1.82. The molecule has 0 unspecified atom stereocenters. The van der Waals surface area contributed by atoms with Gasteiger partial charge in [-0.25, -0.2) is 0 Å². The van der Waals surface area contributed by atoms with Crippen molar-refractivity contribution in [3.8, 4) is 0 Å². The van der Waals surface area contributed by atoms with Crippen LogP contribution in [-0.4, -0.2) is 31.1 Å². The van der Waals surface area contributed by atoms with Crippen LogP contribution in [0.2, 0.25) is 0 Å². The minimum atomic E-state index is 0.835. The second-order valence-electron chi connectivity index (χ2n) is 2.52. The fraction of sp³-hybridized carbons (Fsp3) is 1.00. The smallest absolute Gasteiger partial charge is 0.00185 e. The van der Waals surface area contributed by atoms with Gasteiger partial charge in [-0.1, -0.05) is 27.7 Å². The Hall–Kier alpha value is -0.0800. The number of nitrogens with zero attached hydrogens (tertiary/aromatic N) is 1. The Labute approximate surface area is 78.1 Å². The van der Waals surface area contributed by atoms with Crippen molar-refractivity contribution in [3.63, 3.8) is 0 Å². The summed E-state index contributed by atoms with van der Waals surface area (Å²) >= 11 is 0. The Bertz CT molecular complexity index is 60.9. The Morgan fingerprint density at radius 1 is 1.00 bits per heavy atom. The van der Waals surface area contributed by atoms with E-state index in [1.165, 1.54) is 26.1 Å². The lowest BCUT2D eigenvalue weighted by atomic mass is 10.3. The fourth-order valence-corrected chi connectivity index (χ4v) is 1.02. The Morgan fingerprint density at radius 3 is 1.83 bits per heavy atom. The molecule has 0 aliphatic rings. The van der Waals surface area contributed by atoms with E-state index >= 15 is 0 Å². The number of unbranched alkanes of at least 4 members (excludes halogenated alkanes) is 1. The number of hydrogen-bond acceptors (Lipinski definition) is 2. The first-order chi connectivity index (χ1) is 5.85. The van der Waals surface area contributed by atoms with Gasteiger partial charge in [0.2, 0.25) is 0 Å².